The van der Waals surface area contributed by atoms with E-state index in [0.717, 1.165) is 16.3 Å². The second kappa shape index (κ2) is 9.98. The van der Waals surface area contributed by atoms with Crippen LogP contribution in [0.25, 0.3) is 38.7 Å². The summed E-state index contributed by atoms with van der Waals surface area (Å²) in [7, 11) is 3.06. The van der Waals surface area contributed by atoms with Gasteiger partial charge in [-0.2, -0.15) is 0 Å². The van der Waals surface area contributed by atoms with Crippen LogP contribution in [0.15, 0.2) is 77.6 Å². The van der Waals surface area contributed by atoms with Crippen LogP contribution >= 0.6 is 0 Å². The Hall–Kier alpha value is -4.82. The topological polar surface area (TPSA) is 107 Å². The molecule has 0 amide bonds. The summed E-state index contributed by atoms with van der Waals surface area (Å²) in [6.07, 6.45) is 0.546. The van der Waals surface area contributed by atoms with Crippen molar-refractivity contribution in [1.82, 2.24) is 4.98 Å². The molecule has 0 saturated heterocycles. The fourth-order valence-electron chi connectivity index (χ4n) is 5.47. The molecular formula is C33H29NO7. The van der Waals surface area contributed by atoms with Crippen LogP contribution in [-0.2, 0) is 9.53 Å². The standard InChI is InChI=1S/C33H29NO7/c1-33(2)32(40-26(35)14-11-18-9-12-21(38-3)13-10-18)31(37)28-25(41-33)17-24(39-4)27-29(28)34-23-16-20-8-6-5-7-19(20)15-22(23)30(27)36/h5-17,31-32,37H,1-4H3,(H,34,36)/b14-11+. The molecule has 1 aromatic heterocycles. The highest BCUT2D eigenvalue weighted by Gasteiger charge is 2.47. The SMILES string of the molecule is COc1ccc(/C=C/C(=O)OC2C(O)c3c(cc(OC)c4c(=O)c5cc6ccccc6cc5[nH]c34)OC2(C)C)cc1. The molecule has 8 heteroatoms. The normalized spacial score (nSPS) is 17.9. The van der Waals surface area contributed by atoms with E-state index in [1.807, 2.05) is 48.5 Å². The quantitative estimate of drug-likeness (QED) is 0.164. The van der Waals surface area contributed by atoms with Crippen molar-refractivity contribution in [2.45, 2.75) is 31.7 Å². The highest BCUT2D eigenvalue weighted by atomic mass is 16.6. The van der Waals surface area contributed by atoms with Crippen molar-refractivity contribution in [3.05, 3.63) is 94.2 Å². The Morgan fingerprint density at radius 1 is 1.00 bits per heavy atom. The molecule has 0 aliphatic carbocycles. The summed E-state index contributed by atoms with van der Waals surface area (Å²) in [5, 5.41) is 14.3. The number of H-pyrrole nitrogens is 1. The van der Waals surface area contributed by atoms with E-state index >= 15 is 0 Å². The van der Waals surface area contributed by atoms with E-state index in [-0.39, 0.29) is 10.8 Å². The number of aliphatic hydroxyl groups is 1. The third-order valence-electron chi connectivity index (χ3n) is 7.54. The molecule has 6 rings (SSSR count). The Labute approximate surface area is 235 Å². The third-order valence-corrected chi connectivity index (χ3v) is 7.54. The Morgan fingerprint density at radius 2 is 1.71 bits per heavy atom. The van der Waals surface area contributed by atoms with Crippen molar-refractivity contribution in [3.8, 4) is 17.2 Å². The van der Waals surface area contributed by atoms with Gasteiger partial charge in [0.05, 0.1) is 36.2 Å². The minimum Gasteiger partial charge on any atom is -0.497 e. The van der Waals surface area contributed by atoms with Crippen molar-refractivity contribution in [2.24, 2.45) is 0 Å². The number of esters is 1. The molecule has 2 N–H and O–H groups in total. The first-order chi connectivity index (χ1) is 19.7. The van der Waals surface area contributed by atoms with Crippen LogP contribution in [0.1, 0.15) is 31.1 Å². The Balaban J connectivity index is 1.44. The van der Waals surface area contributed by atoms with Crippen LogP contribution in [0.2, 0.25) is 0 Å². The van der Waals surface area contributed by atoms with Gasteiger partial charge in [-0.3, -0.25) is 4.79 Å². The average Bonchev–Trinajstić information content (AvgIpc) is 2.96. The number of aromatic nitrogens is 1. The molecule has 0 fully saturated rings. The molecule has 2 atom stereocenters. The van der Waals surface area contributed by atoms with E-state index < -0.39 is 23.8 Å². The molecule has 0 saturated carbocycles. The molecule has 0 bridgehead atoms. The van der Waals surface area contributed by atoms with E-state index in [9.17, 15) is 14.7 Å². The van der Waals surface area contributed by atoms with Gasteiger partial charge in [-0.15, -0.1) is 0 Å². The minimum atomic E-state index is -1.30. The van der Waals surface area contributed by atoms with Gasteiger partial charge in [0.1, 0.15) is 29.0 Å². The number of nitrogens with one attached hydrogen (secondary N) is 1. The second-order valence-electron chi connectivity index (χ2n) is 10.6. The fourth-order valence-corrected chi connectivity index (χ4v) is 5.47. The van der Waals surface area contributed by atoms with Crippen molar-refractivity contribution in [2.75, 3.05) is 14.2 Å². The maximum atomic E-state index is 13.8. The van der Waals surface area contributed by atoms with Crippen molar-refractivity contribution in [3.63, 3.8) is 0 Å². The first kappa shape index (κ1) is 26.4. The van der Waals surface area contributed by atoms with Gasteiger partial charge in [0.25, 0.3) is 0 Å². The van der Waals surface area contributed by atoms with Crippen LogP contribution in [0, 0.1) is 0 Å². The lowest BCUT2D eigenvalue weighted by Gasteiger charge is -2.42. The number of carbonyl (C=O) groups is 1. The zero-order valence-electron chi connectivity index (χ0n) is 23.1. The first-order valence-electron chi connectivity index (χ1n) is 13.2. The van der Waals surface area contributed by atoms with Crippen molar-refractivity contribution >= 4 is 44.6 Å². The molecule has 8 nitrogen and oxygen atoms in total. The van der Waals surface area contributed by atoms with Crippen LogP contribution in [0.3, 0.4) is 0 Å². The molecule has 2 unspecified atom stereocenters. The molecular weight excluding hydrogens is 522 g/mol. The summed E-state index contributed by atoms with van der Waals surface area (Å²) in [6.45, 7) is 3.46. The average molecular weight is 552 g/mol. The lowest BCUT2D eigenvalue weighted by molar-refractivity contribution is -0.171. The van der Waals surface area contributed by atoms with Gasteiger partial charge in [0, 0.05) is 17.5 Å². The Kier molecular flexibility index (Phi) is 6.43. The third kappa shape index (κ3) is 4.56. The highest BCUT2D eigenvalue weighted by molar-refractivity contribution is 6.03. The number of rotatable bonds is 5. The monoisotopic (exact) mass is 551 g/mol. The molecule has 0 spiro atoms. The highest BCUT2D eigenvalue weighted by Crippen LogP contribution is 2.47. The number of pyridine rings is 1. The van der Waals surface area contributed by atoms with Crippen molar-refractivity contribution < 1.29 is 28.8 Å². The van der Waals surface area contributed by atoms with E-state index in [4.69, 9.17) is 18.9 Å². The smallest absolute Gasteiger partial charge is 0.331 e. The number of ether oxygens (including phenoxy) is 4. The maximum absolute atomic E-state index is 13.8. The molecule has 2 heterocycles. The lowest BCUT2D eigenvalue weighted by atomic mass is 9.86. The number of aliphatic hydroxyl groups excluding tert-OH is 1. The molecule has 5 aromatic rings. The van der Waals surface area contributed by atoms with E-state index in [1.165, 1.54) is 13.2 Å². The van der Waals surface area contributed by atoms with Gasteiger partial charge in [-0.25, -0.2) is 4.79 Å². The molecule has 1 aliphatic rings. The molecule has 208 valence electrons. The fraction of sp³-hybridized carbons (Fsp3) is 0.212. The van der Waals surface area contributed by atoms with Crippen molar-refractivity contribution in [1.29, 1.82) is 0 Å². The summed E-state index contributed by atoms with van der Waals surface area (Å²) in [6, 6.07) is 20.3. The van der Waals surface area contributed by atoms with Crippen LogP contribution in [-0.4, -0.2) is 42.0 Å². The zero-order valence-corrected chi connectivity index (χ0v) is 23.1. The van der Waals surface area contributed by atoms with Gasteiger partial charge >= 0.3 is 5.97 Å². The maximum Gasteiger partial charge on any atom is 0.331 e. The predicted octanol–water partition coefficient (Wildman–Crippen LogP) is 5.68. The van der Waals surface area contributed by atoms with Crippen LogP contribution in [0.4, 0.5) is 0 Å². The summed E-state index contributed by atoms with van der Waals surface area (Å²) in [4.78, 5) is 30.1. The number of methoxy groups -OCH3 is 2. The summed E-state index contributed by atoms with van der Waals surface area (Å²) >= 11 is 0. The second-order valence-corrected chi connectivity index (χ2v) is 10.6. The number of fused-ring (bicyclic) bond motifs is 5. The first-order valence-corrected chi connectivity index (χ1v) is 13.2. The van der Waals surface area contributed by atoms with E-state index in [0.29, 0.717) is 39.2 Å². The zero-order chi connectivity index (χ0) is 28.9. The summed E-state index contributed by atoms with van der Waals surface area (Å²) in [5.74, 6) is 0.711. The molecule has 4 aromatic carbocycles. The number of hydrogen-bond acceptors (Lipinski definition) is 7. The van der Waals surface area contributed by atoms with E-state index in [1.54, 1.807) is 45.2 Å². The van der Waals surface area contributed by atoms with E-state index in [2.05, 4.69) is 4.98 Å². The van der Waals surface area contributed by atoms with Gasteiger partial charge in [0.2, 0.25) is 5.43 Å². The van der Waals surface area contributed by atoms with Crippen LogP contribution in [0.5, 0.6) is 17.2 Å². The van der Waals surface area contributed by atoms with Crippen LogP contribution < -0.4 is 19.6 Å². The minimum absolute atomic E-state index is 0.243. The number of carbonyl (C=O) groups excluding carboxylic acids is 1. The lowest BCUT2D eigenvalue weighted by Crippen LogP contribution is -2.51. The summed E-state index contributed by atoms with van der Waals surface area (Å²) in [5.41, 5.74) is 0.732. The van der Waals surface area contributed by atoms with Gasteiger partial charge < -0.3 is 29.0 Å². The Morgan fingerprint density at radius 3 is 2.39 bits per heavy atom. The largest absolute Gasteiger partial charge is 0.497 e. The van der Waals surface area contributed by atoms with Gasteiger partial charge in [0.15, 0.2) is 6.10 Å². The number of aromatic amines is 1. The predicted molar refractivity (Wildman–Crippen MR) is 158 cm³/mol. The number of benzene rings is 4. The molecule has 1 aliphatic heterocycles. The summed E-state index contributed by atoms with van der Waals surface area (Å²) < 4.78 is 22.8. The molecule has 41 heavy (non-hydrogen) atoms. The number of hydrogen-bond donors (Lipinski definition) is 2. The van der Waals surface area contributed by atoms with Gasteiger partial charge in [-0.05, 0) is 60.5 Å². The van der Waals surface area contributed by atoms with Gasteiger partial charge in [-0.1, -0.05) is 36.4 Å². The Bertz CT molecular complexity index is 1900. The molecule has 0 radical (unpaired) electrons.